The number of likely N-dealkylation sites (N-methyl/N-ethyl adjacent to an activating group) is 1. The first kappa shape index (κ1) is 21.1. The van der Waals surface area contributed by atoms with E-state index in [2.05, 4.69) is 35.1 Å². The Morgan fingerprint density at radius 2 is 1.88 bits per heavy atom. The molecule has 0 spiro atoms. The van der Waals surface area contributed by atoms with Gasteiger partial charge in [-0.3, -0.25) is 5.32 Å². The number of aromatic nitrogens is 4. The lowest BCUT2D eigenvalue weighted by Crippen LogP contribution is -2.44. The fourth-order valence-electron chi connectivity index (χ4n) is 3.75. The van der Waals surface area contributed by atoms with E-state index < -0.39 is 17.4 Å². The van der Waals surface area contributed by atoms with Gasteiger partial charge in [-0.2, -0.15) is 9.97 Å². The van der Waals surface area contributed by atoms with E-state index in [0.717, 1.165) is 26.2 Å². The second kappa shape index (κ2) is 8.32. The number of oxazole rings is 1. The molecule has 11 heteroatoms. The van der Waals surface area contributed by atoms with Crippen LogP contribution in [0.1, 0.15) is 11.5 Å². The van der Waals surface area contributed by atoms with Gasteiger partial charge in [-0.1, -0.05) is 0 Å². The largest absolute Gasteiger partial charge is 0.429 e. The van der Waals surface area contributed by atoms with Gasteiger partial charge < -0.3 is 23.9 Å². The number of nitrogens with one attached hydrogen (secondary N) is 2. The molecule has 0 radical (unpaired) electrons. The van der Waals surface area contributed by atoms with Crippen molar-refractivity contribution in [2.45, 2.75) is 13.8 Å². The summed E-state index contributed by atoms with van der Waals surface area (Å²) >= 11 is 0. The highest BCUT2D eigenvalue weighted by molar-refractivity contribution is 5.83. The predicted octanol–water partition coefficient (Wildman–Crippen LogP) is 4.13. The number of H-pyrrole nitrogens is 1. The van der Waals surface area contributed by atoms with Crippen LogP contribution in [0.15, 0.2) is 28.8 Å². The summed E-state index contributed by atoms with van der Waals surface area (Å²) in [5, 5.41) is 3.19. The van der Waals surface area contributed by atoms with Crippen LogP contribution in [0.3, 0.4) is 0 Å². The van der Waals surface area contributed by atoms with Crippen molar-refractivity contribution in [3.05, 3.63) is 47.5 Å². The smallest absolute Gasteiger partial charge is 0.326 e. The van der Waals surface area contributed by atoms with Gasteiger partial charge in [0, 0.05) is 49.4 Å². The van der Waals surface area contributed by atoms with E-state index in [1.165, 1.54) is 6.07 Å². The van der Waals surface area contributed by atoms with Crippen molar-refractivity contribution in [2.24, 2.45) is 0 Å². The number of piperazine rings is 1. The van der Waals surface area contributed by atoms with Gasteiger partial charge in [0.15, 0.2) is 11.6 Å². The summed E-state index contributed by atoms with van der Waals surface area (Å²) in [5.41, 5.74) is 1.06. The molecule has 0 aliphatic carbocycles. The molecule has 0 saturated carbocycles. The third-order valence-corrected chi connectivity index (χ3v) is 5.48. The van der Waals surface area contributed by atoms with Gasteiger partial charge in [-0.15, -0.1) is 0 Å². The number of fused-ring (bicyclic) bond motifs is 1. The molecule has 0 bridgehead atoms. The number of rotatable bonds is 5. The highest BCUT2D eigenvalue weighted by Crippen LogP contribution is 2.33. The molecule has 9 nitrogen and oxygen atoms in total. The van der Waals surface area contributed by atoms with Crippen LogP contribution in [-0.4, -0.2) is 58.1 Å². The number of hydrogen-bond acceptors (Lipinski definition) is 8. The van der Waals surface area contributed by atoms with Crippen LogP contribution >= 0.6 is 0 Å². The van der Waals surface area contributed by atoms with E-state index >= 15 is 4.39 Å². The summed E-state index contributed by atoms with van der Waals surface area (Å²) in [6.07, 6.45) is 1.57. The van der Waals surface area contributed by atoms with Crippen molar-refractivity contribution >= 4 is 28.6 Å². The van der Waals surface area contributed by atoms with Crippen LogP contribution < -0.4 is 15.0 Å². The van der Waals surface area contributed by atoms with Gasteiger partial charge in [-0.05, 0) is 27.0 Å². The molecule has 1 aliphatic rings. The molecule has 1 fully saturated rings. The summed E-state index contributed by atoms with van der Waals surface area (Å²) in [4.78, 5) is 20.0. The van der Waals surface area contributed by atoms with Gasteiger partial charge in [0.05, 0.1) is 11.7 Å². The molecule has 0 atom stereocenters. The van der Waals surface area contributed by atoms with E-state index in [1.807, 2.05) is 7.05 Å². The Morgan fingerprint density at radius 3 is 2.61 bits per heavy atom. The Labute approximate surface area is 188 Å². The normalized spacial score (nSPS) is 14.8. The molecule has 0 amide bonds. The van der Waals surface area contributed by atoms with Crippen molar-refractivity contribution in [3.63, 3.8) is 0 Å². The van der Waals surface area contributed by atoms with E-state index in [1.54, 1.807) is 32.2 Å². The third kappa shape index (κ3) is 4.31. The predicted molar refractivity (Wildman–Crippen MR) is 119 cm³/mol. The highest BCUT2D eigenvalue weighted by Gasteiger charge is 2.22. The maximum absolute atomic E-state index is 15.1. The Bertz CT molecular complexity index is 1310. The number of aromatic amines is 1. The quantitative estimate of drug-likeness (QED) is 0.464. The number of anilines is 3. The molecule has 4 aromatic rings. The van der Waals surface area contributed by atoms with Crippen LogP contribution in [0.5, 0.6) is 11.8 Å². The molecule has 5 rings (SSSR count). The second-order valence-electron chi connectivity index (χ2n) is 8.10. The lowest BCUT2D eigenvalue weighted by atomic mass is 10.2. The third-order valence-electron chi connectivity index (χ3n) is 5.48. The molecule has 2 N–H and O–H groups in total. The van der Waals surface area contributed by atoms with E-state index in [4.69, 9.17) is 9.15 Å². The summed E-state index contributed by atoms with van der Waals surface area (Å²) in [7, 11) is 2.05. The Kier molecular flexibility index (Phi) is 5.33. The molecule has 4 heterocycles. The molecule has 1 aromatic carbocycles. The number of benzene rings is 1. The number of halogens is 2. The zero-order chi connectivity index (χ0) is 23.1. The Balaban J connectivity index is 1.52. The summed E-state index contributed by atoms with van der Waals surface area (Å²) in [6, 6.07) is 4.56. The molecule has 1 aliphatic heterocycles. The topological polar surface area (TPSA) is 95.3 Å². The van der Waals surface area contributed by atoms with Crippen LogP contribution in [-0.2, 0) is 0 Å². The summed E-state index contributed by atoms with van der Waals surface area (Å²) < 4.78 is 40.9. The molecule has 172 valence electrons. The van der Waals surface area contributed by atoms with Crippen molar-refractivity contribution in [1.82, 2.24) is 24.8 Å². The van der Waals surface area contributed by atoms with E-state index in [9.17, 15) is 4.39 Å². The first-order valence-corrected chi connectivity index (χ1v) is 10.5. The van der Waals surface area contributed by atoms with Crippen molar-refractivity contribution < 1.29 is 17.9 Å². The van der Waals surface area contributed by atoms with E-state index in [-0.39, 0.29) is 17.4 Å². The van der Waals surface area contributed by atoms with Crippen molar-refractivity contribution in [2.75, 3.05) is 43.4 Å². The zero-order valence-corrected chi connectivity index (χ0v) is 18.4. The Hall–Kier alpha value is -3.73. The SMILES string of the molecule is Cc1cc2c(F)c(Oc3nc(Nc4ncc(C)o4)cc(N4CCN(C)CC4)n3)c(F)cc2[nH]1. The lowest BCUT2D eigenvalue weighted by Gasteiger charge is -2.33. The van der Waals surface area contributed by atoms with Crippen LogP contribution in [0.25, 0.3) is 10.9 Å². The first-order valence-electron chi connectivity index (χ1n) is 10.5. The van der Waals surface area contributed by atoms with E-state index in [0.29, 0.717) is 28.6 Å². The number of ether oxygens (including phenoxy) is 1. The minimum absolute atomic E-state index is 0.193. The highest BCUT2D eigenvalue weighted by atomic mass is 19.1. The lowest BCUT2D eigenvalue weighted by molar-refractivity contribution is 0.311. The monoisotopic (exact) mass is 455 g/mol. The van der Waals surface area contributed by atoms with Gasteiger partial charge in [0.2, 0.25) is 5.75 Å². The van der Waals surface area contributed by atoms with Gasteiger partial charge in [0.25, 0.3) is 6.01 Å². The maximum Gasteiger partial charge on any atom is 0.326 e. The standard InChI is InChI=1S/C22H23F2N7O2/c1-12-8-14-16(26-12)9-15(23)20(19(14)24)33-22-28-17(27-21-25-11-13(2)32-21)10-18(29-22)31-6-4-30(3)5-7-31/h8-11,26H,4-7H2,1-3H3,(H,25,27,28,29). The van der Waals surface area contributed by atoms with Gasteiger partial charge >= 0.3 is 6.01 Å². The van der Waals surface area contributed by atoms with Gasteiger partial charge in [-0.25, -0.2) is 13.8 Å². The number of aryl methyl sites for hydroxylation is 2. The average molecular weight is 455 g/mol. The fraction of sp³-hybridized carbons (Fsp3) is 0.318. The molecule has 33 heavy (non-hydrogen) atoms. The minimum Gasteiger partial charge on any atom is -0.429 e. The first-order chi connectivity index (χ1) is 15.9. The number of nitrogens with zero attached hydrogens (tertiary/aromatic N) is 5. The maximum atomic E-state index is 15.1. The molecular weight excluding hydrogens is 432 g/mol. The minimum atomic E-state index is -0.853. The second-order valence-corrected chi connectivity index (χ2v) is 8.10. The van der Waals surface area contributed by atoms with Crippen molar-refractivity contribution in [3.8, 4) is 11.8 Å². The molecule has 1 saturated heterocycles. The van der Waals surface area contributed by atoms with Gasteiger partial charge in [0.1, 0.15) is 17.4 Å². The fourth-order valence-corrected chi connectivity index (χ4v) is 3.75. The van der Waals surface area contributed by atoms with Crippen LogP contribution in [0.2, 0.25) is 0 Å². The Morgan fingerprint density at radius 1 is 1.09 bits per heavy atom. The molecular formula is C22H23F2N7O2. The molecule has 3 aromatic heterocycles. The zero-order valence-electron chi connectivity index (χ0n) is 18.4. The molecule has 0 unspecified atom stereocenters. The summed E-state index contributed by atoms with van der Waals surface area (Å²) in [6.45, 7) is 6.72. The van der Waals surface area contributed by atoms with Crippen molar-refractivity contribution in [1.29, 1.82) is 0 Å². The van der Waals surface area contributed by atoms with Crippen LogP contribution in [0.4, 0.5) is 26.4 Å². The summed E-state index contributed by atoms with van der Waals surface area (Å²) in [5.74, 6) is -0.709. The average Bonchev–Trinajstić information content (AvgIpc) is 3.36. The number of hydrogen-bond donors (Lipinski definition) is 2. The van der Waals surface area contributed by atoms with Crippen LogP contribution in [0, 0.1) is 25.5 Å².